The lowest BCUT2D eigenvalue weighted by Crippen LogP contribution is -2.26. The van der Waals surface area contributed by atoms with Crippen molar-refractivity contribution in [3.8, 4) is 11.5 Å². The minimum atomic E-state index is -3.62. The molecule has 0 aliphatic carbocycles. The molecule has 6 nitrogen and oxygen atoms in total. The summed E-state index contributed by atoms with van der Waals surface area (Å²) in [5, 5.41) is 1.44. The molecule has 0 unspecified atom stereocenters. The minimum Gasteiger partial charge on any atom is -0.493 e. The monoisotopic (exact) mass is 408 g/mol. The number of hydrogen-bond donors (Lipinski definition) is 1. The zero-order chi connectivity index (χ0) is 18.6. The molecule has 0 saturated heterocycles. The van der Waals surface area contributed by atoms with E-state index in [1.54, 1.807) is 50.9 Å². The predicted molar refractivity (Wildman–Crippen MR) is 107 cm³/mol. The average molecular weight is 409 g/mol. The molecular weight excluding hydrogens is 388 g/mol. The molecule has 0 fully saturated rings. The molecule has 0 atom stereocenters. The fraction of sp³-hybridized carbons (Fsp3) is 0.211. The van der Waals surface area contributed by atoms with Gasteiger partial charge in [-0.2, -0.15) is 0 Å². The second-order valence-electron chi connectivity index (χ2n) is 5.69. The second-order valence-corrected chi connectivity index (χ2v) is 7.43. The van der Waals surface area contributed by atoms with Gasteiger partial charge in [0.15, 0.2) is 11.5 Å². The van der Waals surface area contributed by atoms with Gasteiger partial charge in [-0.1, -0.05) is 18.2 Å². The predicted octanol–water partition coefficient (Wildman–Crippen LogP) is 3.19. The van der Waals surface area contributed by atoms with E-state index in [-0.39, 0.29) is 23.8 Å². The fourth-order valence-electron chi connectivity index (χ4n) is 2.77. The number of ether oxygens (including phenoxy) is 2. The Hall–Kier alpha value is -2.35. The van der Waals surface area contributed by atoms with Crippen molar-refractivity contribution in [1.82, 2.24) is 9.71 Å². The van der Waals surface area contributed by atoms with Gasteiger partial charge < -0.3 is 9.47 Å². The van der Waals surface area contributed by atoms with Gasteiger partial charge in [0.2, 0.25) is 10.0 Å². The summed E-state index contributed by atoms with van der Waals surface area (Å²) in [6, 6.07) is 12.4. The van der Waals surface area contributed by atoms with Gasteiger partial charge >= 0.3 is 0 Å². The number of nitrogens with zero attached hydrogens (tertiary/aromatic N) is 1. The van der Waals surface area contributed by atoms with E-state index in [0.717, 1.165) is 10.9 Å². The molecule has 0 amide bonds. The number of aromatic nitrogens is 1. The van der Waals surface area contributed by atoms with Crippen LogP contribution in [0.2, 0.25) is 0 Å². The van der Waals surface area contributed by atoms with E-state index < -0.39 is 10.0 Å². The first-order valence-corrected chi connectivity index (χ1v) is 9.57. The molecule has 0 spiro atoms. The Balaban J connectivity index is 0.00000261. The standard InChI is InChI=1S/C19H20N2O4S.ClH/c1-24-17-7-6-14(12-18(17)25-2)8-11-21-26(22,23)19-5-3-4-15-13-20-10-9-16(15)19;/h3-7,9-10,12-13,21H,8,11H2,1-2H3;1H. The van der Waals surface area contributed by atoms with E-state index in [4.69, 9.17) is 9.47 Å². The third-order valence-electron chi connectivity index (χ3n) is 4.08. The molecule has 0 saturated carbocycles. The third kappa shape index (κ3) is 4.68. The van der Waals surface area contributed by atoms with Crippen LogP contribution in [0.1, 0.15) is 5.56 Å². The van der Waals surface area contributed by atoms with Gasteiger partial charge in [-0.15, -0.1) is 12.4 Å². The maximum absolute atomic E-state index is 12.7. The van der Waals surface area contributed by atoms with Gasteiger partial charge in [-0.05, 0) is 36.2 Å². The molecule has 3 rings (SSSR count). The number of hydrogen-bond acceptors (Lipinski definition) is 5. The normalized spacial score (nSPS) is 11.0. The lowest BCUT2D eigenvalue weighted by Gasteiger charge is -2.11. The number of benzene rings is 2. The number of halogens is 1. The Morgan fingerprint density at radius 2 is 1.81 bits per heavy atom. The molecule has 27 heavy (non-hydrogen) atoms. The van der Waals surface area contributed by atoms with Crippen LogP contribution in [0.4, 0.5) is 0 Å². The van der Waals surface area contributed by atoms with Crippen molar-refractivity contribution in [1.29, 1.82) is 0 Å². The summed E-state index contributed by atoms with van der Waals surface area (Å²) in [6.45, 7) is 0.277. The van der Waals surface area contributed by atoms with Gasteiger partial charge in [-0.25, -0.2) is 13.1 Å². The van der Waals surface area contributed by atoms with Crippen LogP contribution < -0.4 is 14.2 Å². The quantitative estimate of drug-likeness (QED) is 0.649. The molecule has 1 heterocycles. The van der Waals surface area contributed by atoms with Crippen LogP contribution in [0.3, 0.4) is 0 Å². The van der Waals surface area contributed by atoms with Crippen molar-refractivity contribution in [3.63, 3.8) is 0 Å². The first-order valence-electron chi connectivity index (χ1n) is 8.08. The van der Waals surface area contributed by atoms with Crippen molar-refractivity contribution in [2.75, 3.05) is 20.8 Å². The summed E-state index contributed by atoms with van der Waals surface area (Å²) in [5.41, 5.74) is 0.951. The van der Waals surface area contributed by atoms with E-state index in [1.165, 1.54) is 0 Å². The molecule has 0 radical (unpaired) electrons. The van der Waals surface area contributed by atoms with Crippen molar-refractivity contribution in [3.05, 3.63) is 60.4 Å². The molecular formula is C19H21ClN2O4S. The molecule has 3 aromatic rings. The van der Waals surface area contributed by atoms with Crippen molar-refractivity contribution < 1.29 is 17.9 Å². The largest absolute Gasteiger partial charge is 0.493 e. The molecule has 144 valence electrons. The molecule has 0 bridgehead atoms. The Kier molecular flexibility index (Phi) is 7.01. The Morgan fingerprint density at radius 1 is 1.04 bits per heavy atom. The van der Waals surface area contributed by atoms with Gasteiger partial charge in [-0.3, -0.25) is 4.98 Å². The highest BCUT2D eigenvalue weighted by Gasteiger charge is 2.16. The number of nitrogens with one attached hydrogen (secondary N) is 1. The van der Waals surface area contributed by atoms with E-state index in [1.807, 2.05) is 18.2 Å². The molecule has 1 N–H and O–H groups in total. The third-order valence-corrected chi connectivity index (χ3v) is 5.60. The Bertz CT molecular complexity index is 1020. The average Bonchev–Trinajstić information content (AvgIpc) is 2.67. The number of pyridine rings is 1. The molecule has 1 aromatic heterocycles. The van der Waals surface area contributed by atoms with Gasteiger partial charge in [0.05, 0.1) is 19.1 Å². The maximum atomic E-state index is 12.7. The van der Waals surface area contributed by atoms with Crippen molar-refractivity contribution in [2.24, 2.45) is 0 Å². The molecule has 0 aliphatic heterocycles. The number of methoxy groups -OCH3 is 2. The zero-order valence-electron chi connectivity index (χ0n) is 15.0. The van der Waals surface area contributed by atoms with Gasteiger partial charge in [0.1, 0.15) is 0 Å². The SMILES string of the molecule is COc1ccc(CCNS(=O)(=O)c2cccc3cnccc23)cc1OC.Cl. The van der Waals surface area contributed by atoms with Crippen LogP contribution in [0, 0.1) is 0 Å². The number of rotatable bonds is 7. The van der Waals surface area contributed by atoms with E-state index >= 15 is 0 Å². The van der Waals surface area contributed by atoms with E-state index in [9.17, 15) is 8.42 Å². The van der Waals surface area contributed by atoms with Crippen LogP contribution in [0.5, 0.6) is 11.5 Å². The number of fused-ring (bicyclic) bond motifs is 1. The first kappa shape index (κ1) is 21.0. The first-order chi connectivity index (χ1) is 12.5. The number of sulfonamides is 1. The Labute approximate surface area is 165 Å². The van der Waals surface area contributed by atoms with Crippen LogP contribution in [-0.2, 0) is 16.4 Å². The highest BCUT2D eigenvalue weighted by molar-refractivity contribution is 7.89. The molecule has 8 heteroatoms. The van der Waals surface area contributed by atoms with Crippen LogP contribution in [0.25, 0.3) is 10.8 Å². The fourth-order valence-corrected chi connectivity index (χ4v) is 4.03. The van der Waals surface area contributed by atoms with Crippen molar-refractivity contribution in [2.45, 2.75) is 11.3 Å². The summed E-state index contributed by atoms with van der Waals surface area (Å²) >= 11 is 0. The van der Waals surface area contributed by atoms with E-state index in [0.29, 0.717) is 23.3 Å². The highest BCUT2D eigenvalue weighted by Crippen LogP contribution is 2.27. The lowest BCUT2D eigenvalue weighted by molar-refractivity contribution is 0.354. The smallest absolute Gasteiger partial charge is 0.241 e. The van der Waals surface area contributed by atoms with Crippen LogP contribution in [-0.4, -0.2) is 34.2 Å². The van der Waals surface area contributed by atoms with Crippen LogP contribution in [0.15, 0.2) is 59.8 Å². The summed E-state index contributed by atoms with van der Waals surface area (Å²) in [5.74, 6) is 1.26. The second kappa shape index (κ2) is 9.03. The van der Waals surface area contributed by atoms with Gasteiger partial charge in [0, 0.05) is 29.7 Å². The van der Waals surface area contributed by atoms with E-state index in [2.05, 4.69) is 9.71 Å². The topological polar surface area (TPSA) is 77.5 Å². The maximum Gasteiger partial charge on any atom is 0.241 e. The molecule has 2 aromatic carbocycles. The summed E-state index contributed by atoms with van der Waals surface area (Å²) in [4.78, 5) is 4.29. The lowest BCUT2D eigenvalue weighted by atomic mass is 10.1. The minimum absolute atomic E-state index is 0. The summed E-state index contributed by atoms with van der Waals surface area (Å²) < 4.78 is 38.5. The summed E-state index contributed by atoms with van der Waals surface area (Å²) in [7, 11) is -0.475. The Morgan fingerprint density at radius 3 is 2.56 bits per heavy atom. The highest BCUT2D eigenvalue weighted by atomic mass is 35.5. The summed E-state index contributed by atoms with van der Waals surface area (Å²) in [6.07, 6.45) is 3.77. The van der Waals surface area contributed by atoms with Crippen LogP contribution >= 0.6 is 12.4 Å². The molecule has 0 aliphatic rings. The zero-order valence-corrected chi connectivity index (χ0v) is 16.6. The van der Waals surface area contributed by atoms with Crippen molar-refractivity contribution >= 4 is 33.2 Å². The van der Waals surface area contributed by atoms with Gasteiger partial charge in [0.25, 0.3) is 0 Å².